The van der Waals surface area contributed by atoms with Gasteiger partial charge in [0.25, 0.3) is 0 Å². The Morgan fingerprint density at radius 2 is 0.444 bits per heavy atom. The van der Waals surface area contributed by atoms with E-state index >= 15 is 0 Å². The quantitative estimate of drug-likeness (QED) is 0.218. The summed E-state index contributed by atoms with van der Waals surface area (Å²) in [5.41, 5.74) is 0. The SMILES string of the molecule is CO.CO.CO.CO.CO.CO.[Cl][W]([Cl])=[W]([Cl])[Cl]. The first-order valence-electron chi connectivity index (χ1n) is 3.47. The molecule has 0 bridgehead atoms. The Morgan fingerprint density at radius 1 is 0.389 bits per heavy atom. The number of hydrogen-bond acceptors (Lipinski definition) is 6. The van der Waals surface area contributed by atoms with Gasteiger partial charge in [0, 0.05) is 42.7 Å². The molecule has 6 nitrogen and oxygen atoms in total. The fraction of sp³-hybridized carbons (Fsp3) is 1.00. The van der Waals surface area contributed by atoms with Crippen molar-refractivity contribution < 1.29 is 53.9 Å². The van der Waals surface area contributed by atoms with Crippen LogP contribution in [-0.2, 0) is 23.3 Å². The van der Waals surface area contributed by atoms with Crippen LogP contribution < -0.4 is 0 Å². The first-order chi connectivity index (χ1) is 8.64. The summed E-state index contributed by atoms with van der Waals surface area (Å²) in [4.78, 5) is 0. The van der Waals surface area contributed by atoms with Crippen molar-refractivity contribution in [1.29, 1.82) is 0 Å². The van der Waals surface area contributed by atoms with E-state index in [2.05, 4.69) is 0 Å². The molecule has 0 saturated carbocycles. The topological polar surface area (TPSA) is 121 Å². The van der Waals surface area contributed by atoms with Crippen molar-refractivity contribution in [3.05, 3.63) is 0 Å². The van der Waals surface area contributed by atoms with Crippen molar-refractivity contribution in [1.82, 2.24) is 0 Å². The van der Waals surface area contributed by atoms with Gasteiger partial charge in [-0.15, -0.1) is 0 Å². The van der Waals surface area contributed by atoms with Crippen LogP contribution in [0.3, 0.4) is 0 Å². The molecule has 0 atom stereocenters. The van der Waals surface area contributed by atoms with Crippen molar-refractivity contribution in [2.45, 2.75) is 0 Å². The molecule has 0 saturated heterocycles. The molecule has 0 unspecified atom stereocenters. The van der Waals surface area contributed by atoms with Crippen LogP contribution in [0.4, 0.5) is 0 Å². The van der Waals surface area contributed by atoms with Crippen molar-refractivity contribution in [2.24, 2.45) is 0 Å². The Labute approximate surface area is 133 Å². The number of rotatable bonds is 0. The fourth-order valence-corrected chi connectivity index (χ4v) is 0. The van der Waals surface area contributed by atoms with Crippen LogP contribution in [-0.4, -0.2) is 73.3 Å². The zero-order valence-corrected chi connectivity index (χ0v) is 19.9. The van der Waals surface area contributed by atoms with Gasteiger partial charge < -0.3 is 30.6 Å². The van der Waals surface area contributed by atoms with E-state index < -0.39 is 23.3 Å². The van der Waals surface area contributed by atoms with Crippen LogP contribution in [0.15, 0.2) is 0 Å². The minimum atomic E-state index is -2.01. The third kappa shape index (κ3) is 138. The zero-order valence-electron chi connectivity index (χ0n) is 11.0. The van der Waals surface area contributed by atoms with Crippen molar-refractivity contribution in [2.75, 3.05) is 42.7 Å². The molecule has 124 valence electrons. The first kappa shape index (κ1) is 42.7. The maximum atomic E-state index is 7.00. The van der Waals surface area contributed by atoms with Gasteiger partial charge in [-0.1, -0.05) is 0 Å². The van der Waals surface area contributed by atoms with Gasteiger partial charge in [0.05, 0.1) is 0 Å². The molecule has 0 aromatic rings. The van der Waals surface area contributed by atoms with Gasteiger partial charge in [-0.3, -0.25) is 0 Å². The van der Waals surface area contributed by atoms with Crippen molar-refractivity contribution >= 4 is 37.7 Å². The molecule has 0 aliphatic carbocycles. The van der Waals surface area contributed by atoms with Crippen LogP contribution in [0, 0.1) is 0 Å². The summed E-state index contributed by atoms with van der Waals surface area (Å²) in [6, 6.07) is 0. The second-order valence-electron chi connectivity index (χ2n) is 0.369. The molecular formula is C6H24Cl4O6W2. The summed E-state index contributed by atoms with van der Waals surface area (Å²) in [6.07, 6.45) is 0. The van der Waals surface area contributed by atoms with E-state index in [0.717, 1.165) is 42.7 Å². The molecule has 0 amide bonds. The summed E-state index contributed by atoms with van der Waals surface area (Å²) < 4.78 is 0. The van der Waals surface area contributed by atoms with Gasteiger partial charge in [0.2, 0.25) is 0 Å². The second-order valence-corrected chi connectivity index (χ2v) is 59.2. The molecule has 0 heterocycles. The molecule has 0 aliphatic heterocycles. The molecule has 18 heavy (non-hydrogen) atoms. The monoisotopic (exact) mass is 700 g/mol. The van der Waals surface area contributed by atoms with Crippen LogP contribution in [0.5, 0.6) is 0 Å². The number of halogens is 4. The predicted molar refractivity (Wildman–Crippen MR) is 72.3 cm³/mol. The Morgan fingerprint density at radius 3 is 0.444 bits per heavy atom. The van der Waals surface area contributed by atoms with Gasteiger partial charge in [-0.05, 0) is 0 Å². The van der Waals surface area contributed by atoms with Crippen molar-refractivity contribution in [3.63, 3.8) is 0 Å². The van der Waals surface area contributed by atoms with Crippen molar-refractivity contribution in [3.8, 4) is 0 Å². The van der Waals surface area contributed by atoms with E-state index in [4.69, 9.17) is 68.3 Å². The Bertz CT molecular complexity index is 84.1. The van der Waals surface area contributed by atoms with Gasteiger partial charge in [-0.25, -0.2) is 0 Å². The molecule has 0 spiro atoms. The molecule has 0 rings (SSSR count). The van der Waals surface area contributed by atoms with Gasteiger partial charge in [-0.2, -0.15) is 0 Å². The Hall–Kier alpha value is 2.30. The van der Waals surface area contributed by atoms with E-state index in [1.54, 1.807) is 0 Å². The molecular weight excluding hydrogens is 678 g/mol. The van der Waals surface area contributed by atoms with Crippen LogP contribution in [0.2, 0.25) is 0 Å². The summed E-state index contributed by atoms with van der Waals surface area (Å²) in [7, 11) is 27.6. The van der Waals surface area contributed by atoms with E-state index in [1.807, 2.05) is 0 Å². The molecule has 0 aromatic carbocycles. The predicted octanol–water partition coefficient (Wildman–Crippen LogP) is 0.404. The average molecular weight is 702 g/mol. The van der Waals surface area contributed by atoms with Gasteiger partial charge >= 0.3 is 60.9 Å². The molecule has 0 aliphatic rings. The third-order valence-electron chi connectivity index (χ3n) is 0.0952. The number of hydrogen-bond donors (Lipinski definition) is 6. The van der Waals surface area contributed by atoms with Crippen LogP contribution >= 0.6 is 37.7 Å². The average Bonchev–Trinajstić information content (AvgIpc) is 2.51. The van der Waals surface area contributed by atoms with Crippen LogP contribution in [0.1, 0.15) is 0 Å². The summed E-state index contributed by atoms with van der Waals surface area (Å²) in [5.74, 6) is 0. The molecule has 0 radical (unpaired) electrons. The summed E-state index contributed by atoms with van der Waals surface area (Å²) in [6.45, 7) is 0. The zero-order chi connectivity index (χ0) is 17.2. The van der Waals surface area contributed by atoms with E-state index in [-0.39, 0.29) is 0 Å². The standard InChI is InChI=1S/6CH4O.4ClH.2W/c6*1-2;;;;;;/h6*2H,1H3;4*1H;;/q;;;;;;;;;;2*+2/p-4. The van der Waals surface area contributed by atoms with E-state index in [9.17, 15) is 0 Å². The molecule has 6 N–H and O–H groups in total. The maximum absolute atomic E-state index is 7.00. The number of aliphatic hydroxyl groups excluding tert-OH is 6. The number of aliphatic hydroxyl groups is 6. The van der Waals surface area contributed by atoms with Gasteiger partial charge in [0.15, 0.2) is 0 Å². The minimum absolute atomic E-state index is 1.00. The first-order valence-corrected chi connectivity index (χ1v) is 29.0. The Balaban J connectivity index is -0.0000000174. The normalized spacial score (nSPS) is 5.67. The fourth-order valence-electron chi connectivity index (χ4n) is 0. The summed E-state index contributed by atoms with van der Waals surface area (Å²) in [5, 5.41) is 42.0. The van der Waals surface area contributed by atoms with E-state index in [1.165, 1.54) is 0 Å². The second kappa shape index (κ2) is 93.8. The molecule has 12 heteroatoms. The molecule has 0 fully saturated rings. The van der Waals surface area contributed by atoms with E-state index in [0.29, 0.717) is 0 Å². The molecule has 0 aromatic heterocycles. The van der Waals surface area contributed by atoms with Crippen LogP contribution in [0.25, 0.3) is 0 Å². The van der Waals surface area contributed by atoms with Gasteiger partial charge in [0.1, 0.15) is 0 Å². The Kier molecular flexibility index (Phi) is 223. The summed E-state index contributed by atoms with van der Waals surface area (Å²) >= 11 is -4.02. The third-order valence-corrected chi connectivity index (χ3v) is 57.4.